The number of nitrogens with zero attached hydrogens (tertiary/aromatic N) is 1. The molecule has 1 aromatic carbocycles. The first-order valence-electron chi connectivity index (χ1n) is 6.10. The van der Waals surface area contributed by atoms with Crippen LogP contribution < -0.4 is 10.5 Å². The van der Waals surface area contributed by atoms with Gasteiger partial charge in [-0.15, -0.1) is 11.3 Å². The van der Waals surface area contributed by atoms with Crippen molar-refractivity contribution in [2.24, 2.45) is 0 Å². The predicted octanol–water partition coefficient (Wildman–Crippen LogP) is 2.68. The average molecular weight is 331 g/mol. The highest BCUT2D eigenvalue weighted by atomic mass is 32.2. The number of nitrogen functional groups attached to an aromatic ring is 1. The molecule has 2 aromatic rings. The van der Waals surface area contributed by atoms with Gasteiger partial charge in [-0.1, -0.05) is 0 Å². The smallest absolute Gasteiger partial charge is 0.266 e. The lowest BCUT2D eigenvalue weighted by Crippen LogP contribution is -2.15. The van der Waals surface area contributed by atoms with Gasteiger partial charge in [0.1, 0.15) is 16.4 Å². The van der Waals surface area contributed by atoms with Crippen LogP contribution in [0.25, 0.3) is 0 Å². The summed E-state index contributed by atoms with van der Waals surface area (Å²) < 4.78 is 53.3. The van der Waals surface area contributed by atoms with Crippen molar-refractivity contribution in [3.05, 3.63) is 34.8 Å². The molecule has 112 valence electrons. The number of nitrogens with two attached hydrogens (primary N) is 1. The zero-order valence-electron chi connectivity index (χ0n) is 10.6. The molecule has 1 fully saturated rings. The van der Waals surface area contributed by atoms with Gasteiger partial charge < -0.3 is 5.73 Å². The Morgan fingerprint density at radius 1 is 1.33 bits per heavy atom. The first-order chi connectivity index (χ1) is 9.88. The molecule has 5 nitrogen and oxygen atoms in total. The van der Waals surface area contributed by atoms with Gasteiger partial charge in [-0.3, -0.25) is 4.72 Å². The van der Waals surface area contributed by atoms with Crippen molar-refractivity contribution in [1.82, 2.24) is 4.98 Å². The van der Waals surface area contributed by atoms with E-state index in [1.54, 1.807) is 5.38 Å². The minimum atomic E-state index is -4.20. The van der Waals surface area contributed by atoms with E-state index in [2.05, 4.69) is 9.71 Å². The first kappa shape index (κ1) is 14.2. The Kier molecular flexibility index (Phi) is 3.33. The van der Waals surface area contributed by atoms with Crippen LogP contribution in [0.5, 0.6) is 0 Å². The first-order valence-corrected chi connectivity index (χ1v) is 8.46. The van der Waals surface area contributed by atoms with Crippen LogP contribution in [0.4, 0.5) is 19.6 Å². The van der Waals surface area contributed by atoms with Gasteiger partial charge >= 0.3 is 0 Å². The molecule has 0 amide bonds. The number of halogens is 2. The predicted molar refractivity (Wildman–Crippen MR) is 75.7 cm³/mol. The maximum atomic E-state index is 13.8. The number of aromatic nitrogens is 1. The van der Waals surface area contributed by atoms with E-state index in [-0.39, 0.29) is 5.13 Å². The molecule has 0 bridgehead atoms. The molecule has 0 spiro atoms. The van der Waals surface area contributed by atoms with Crippen LogP contribution in [0, 0.1) is 11.6 Å². The molecule has 3 N–H and O–H groups in total. The van der Waals surface area contributed by atoms with Crippen LogP contribution in [-0.4, -0.2) is 13.4 Å². The van der Waals surface area contributed by atoms with Crippen molar-refractivity contribution in [2.75, 3.05) is 10.5 Å². The Morgan fingerprint density at radius 2 is 2.05 bits per heavy atom. The number of hydrogen-bond donors (Lipinski definition) is 2. The maximum absolute atomic E-state index is 13.8. The lowest BCUT2D eigenvalue weighted by molar-refractivity contribution is 0.557. The summed E-state index contributed by atoms with van der Waals surface area (Å²) in [5.41, 5.74) is 5.18. The van der Waals surface area contributed by atoms with E-state index in [9.17, 15) is 17.2 Å². The van der Waals surface area contributed by atoms with Crippen molar-refractivity contribution in [1.29, 1.82) is 0 Å². The van der Waals surface area contributed by atoms with Gasteiger partial charge in [0.05, 0.1) is 5.69 Å². The van der Waals surface area contributed by atoms with Gasteiger partial charge in [0.2, 0.25) is 0 Å². The number of hydrogen-bond acceptors (Lipinski definition) is 5. The van der Waals surface area contributed by atoms with E-state index in [0.29, 0.717) is 5.92 Å². The average Bonchev–Trinajstić information content (AvgIpc) is 3.17. The summed E-state index contributed by atoms with van der Waals surface area (Å²) in [6.45, 7) is 0. The number of nitrogens with one attached hydrogen (secondary N) is 1. The van der Waals surface area contributed by atoms with E-state index in [0.717, 1.165) is 42.0 Å². The fourth-order valence-corrected chi connectivity index (χ4v) is 3.96. The summed E-state index contributed by atoms with van der Waals surface area (Å²) in [5, 5.41) is 1.92. The topological polar surface area (TPSA) is 85.1 Å². The van der Waals surface area contributed by atoms with E-state index < -0.39 is 32.2 Å². The lowest BCUT2D eigenvalue weighted by Gasteiger charge is -2.08. The largest absolute Gasteiger partial charge is 0.394 e. The van der Waals surface area contributed by atoms with E-state index in [1.807, 2.05) is 0 Å². The second-order valence-corrected chi connectivity index (χ2v) is 7.24. The van der Waals surface area contributed by atoms with Crippen LogP contribution in [0.3, 0.4) is 0 Å². The molecule has 1 heterocycles. The maximum Gasteiger partial charge on any atom is 0.266 e. The molecule has 0 aliphatic heterocycles. The second kappa shape index (κ2) is 4.92. The third-order valence-corrected chi connectivity index (χ3v) is 5.38. The van der Waals surface area contributed by atoms with Gasteiger partial charge in [0.15, 0.2) is 10.9 Å². The number of benzene rings is 1. The van der Waals surface area contributed by atoms with Crippen LogP contribution in [-0.2, 0) is 10.0 Å². The van der Waals surface area contributed by atoms with E-state index >= 15 is 0 Å². The SMILES string of the molecule is Nc1c(F)ccc(S(=O)(=O)Nc2nc(C3CC3)cs2)c1F. The van der Waals surface area contributed by atoms with Crippen LogP contribution >= 0.6 is 11.3 Å². The molecule has 21 heavy (non-hydrogen) atoms. The van der Waals surface area contributed by atoms with Gasteiger partial charge in [0.25, 0.3) is 10.0 Å². The van der Waals surface area contributed by atoms with E-state index in [4.69, 9.17) is 5.73 Å². The van der Waals surface area contributed by atoms with Crippen molar-refractivity contribution >= 4 is 32.2 Å². The third-order valence-electron chi connectivity index (χ3n) is 3.12. The Hall–Kier alpha value is -1.74. The number of sulfonamides is 1. The van der Waals surface area contributed by atoms with Gasteiger partial charge in [0, 0.05) is 11.3 Å². The van der Waals surface area contributed by atoms with Crippen molar-refractivity contribution in [3.63, 3.8) is 0 Å². The fraction of sp³-hybridized carbons (Fsp3) is 0.250. The minimum absolute atomic E-state index is 0.152. The van der Waals surface area contributed by atoms with Gasteiger partial charge in [-0.2, -0.15) is 0 Å². The Morgan fingerprint density at radius 3 is 2.71 bits per heavy atom. The molecule has 1 aliphatic rings. The number of rotatable bonds is 4. The summed E-state index contributed by atoms with van der Waals surface area (Å²) in [4.78, 5) is 3.45. The molecule has 0 atom stereocenters. The molecule has 0 radical (unpaired) electrons. The molecule has 9 heteroatoms. The quantitative estimate of drug-likeness (QED) is 0.844. The van der Waals surface area contributed by atoms with E-state index in [1.165, 1.54) is 0 Å². The van der Waals surface area contributed by atoms with Crippen LogP contribution in [0.1, 0.15) is 24.5 Å². The summed E-state index contributed by atoms with van der Waals surface area (Å²) in [5.74, 6) is -1.92. The zero-order valence-corrected chi connectivity index (χ0v) is 12.3. The molecular weight excluding hydrogens is 320 g/mol. The zero-order chi connectivity index (χ0) is 15.2. The summed E-state index contributed by atoms with van der Waals surface area (Å²) in [6.07, 6.45) is 2.08. The summed E-state index contributed by atoms with van der Waals surface area (Å²) in [7, 11) is -4.20. The normalized spacial score (nSPS) is 15.1. The lowest BCUT2D eigenvalue weighted by atomic mass is 10.3. The van der Waals surface area contributed by atoms with Crippen molar-refractivity contribution < 1.29 is 17.2 Å². The molecule has 1 saturated carbocycles. The third kappa shape index (κ3) is 2.70. The van der Waals surface area contributed by atoms with Crippen LogP contribution in [0.2, 0.25) is 0 Å². The fourth-order valence-electron chi connectivity index (χ4n) is 1.83. The van der Waals surface area contributed by atoms with Gasteiger partial charge in [-0.05, 0) is 25.0 Å². The second-order valence-electron chi connectivity index (χ2n) is 4.73. The molecule has 0 unspecified atom stereocenters. The molecule has 1 aliphatic carbocycles. The van der Waals surface area contributed by atoms with Crippen molar-refractivity contribution in [3.8, 4) is 0 Å². The minimum Gasteiger partial charge on any atom is -0.394 e. The highest BCUT2D eigenvalue weighted by Gasteiger charge is 2.28. The summed E-state index contributed by atoms with van der Waals surface area (Å²) in [6, 6.07) is 1.64. The standard InChI is InChI=1S/C12H11F2N3O2S2/c13-7-3-4-9(10(14)11(7)15)21(18,19)17-12-16-8(5-20-12)6-1-2-6/h3-6H,1-2,15H2,(H,16,17). The molecule has 1 aromatic heterocycles. The molecule has 3 rings (SSSR count). The Labute approximate surface area is 123 Å². The monoisotopic (exact) mass is 331 g/mol. The highest BCUT2D eigenvalue weighted by Crippen LogP contribution is 2.41. The van der Waals surface area contributed by atoms with Crippen molar-refractivity contribution in [2.45, 2.75) is 23.7 Å². The number of thiazole rings is 1. The Bertz CT molecular complexity index is 801. The number of anilines is 2. The Balaban J connectivity index is 1.91. The van der Waals surface area contributed by atoms with Gasteiger partial charge in [-0.25, -0.2) is 22.2 Å². The summed E-state index contributed by atoms with van der Waals surface area (Å²) >= 11 is 1.12. The molecule has 0 saturated heterocycles. The molecular formula is C12H11F2N3O2S2. The highest BCUT2D eigenvalue weighted by molar-refractivity contribution is 7.93. The van der Waals surface area contributed by atoms with Crippen LogP contribution in [0.15, 0.2) is 22.4 Å².